The van der Waals surface area contributed by atoms with Gasteiger partial charge in [0.25, 0.3) is 0 Å². The van der Waals surface area contributed by atoms with Crippen molar-refractivity contribution in [3.8, 4) is 0 Å². The number of rotatable bonds is 0. The fourth-order valence-electron chi connectivity index (χ4n) is 5.30. The maximum absolute atomic E-state index is 12.6. The number of carbonyl (C=O) groups is 2. The highest BCUT2D eigenvalue weighted by Crippen LogP contribution is 2.63. The van der Waals surface area contributed by atoms with Gasteiger partial charge in [0.05, 0.1) is 0 Å². The molecule has 0 spiro atoms. The van der Waals surface area contributed by atoms with Crippen LogP contribution >= 0.6 is 0 Å². The quantitative estimate of drug-likeness (QED) is 0.735. The predicted molar refractivity (Wildman–Crippen MR) is 83.3 cm³/mol. The van der Waals surface area contributed by atoms with Crippen molar-refractivity contribution >= 4 is 11.6 Å². The second kappa shape index (κ2) is 4.16. The number of hydrogen-bond acceptors (Lipinski definition) is 2. The van der Waals surface area contributed by atoms with Gasteiger partial charge >= 0.3 is 0 Å². The van der Waals surface area contributed by atoms with Crippen LogP contribution in [0.3, 0.4) is 0 Å². The van der Waals surface area contributed by atoms with E-state index in [1.54, 1.807) is 0 Å². The van der Waals surface area contributed by atoms with Crippen LogP contribution in [0.15, 0.2) is 60.7 Å². The Hall–Kier alpha value is -2.22. The van der Waals surface area contributed by atoms with Gasteiger partial charge in [-0.15, -0.1) is 0 Å². The van der Waals surface area contributed by atoms with Gasteiger partial charge in [0, 0.05) is 23.7 Å². The zero-order valence-electron chi connectivity index (χ0n) is 12.1. The topological polar surface area (TPSA) is 34.1 Å². The average Bonchev–Trinajstić information content (AvgIpc) is 2.58. The van der Waals surface area contributed by atoms with Gasteiger partial charge < -0.3 is 0 Å². The standard InChI is InChI=1S/C20H16O2/c21-15-9-10-16(22)20-18-12-6-2-1-5-11(12)17(19(15)20)13-7-3-4-8-14(13)18/h1-12,17-20H/t11-,12+,17-,18-,19+,20-/m1/s1. The minimum atomic E-state index is -0.171. The van der Waals surface area contributed by atoms with Crippen molar-refractivity contribution in [3.05, 3.63) is 71.8 Å². The molecule has 0 radical (unpaired) electrons. The Bertz CT molecular complexity index is 718. The molecule has 5 aliphatic rings. The first kappa shape index (κ1) is 12.3. The fourth-order valence-corrected chi connectivity index (χ4v) is 5.30. The van der Waals surface area contributed by atoms with Crippen molar-refractivity contribution in [2.45, 2.75) is 11.8 Å². The third-order valence-corrected chi connectivity index (χ3v) is 6.00. The van der Waals surface area contributed by atoms with Crippen LogP contribution in [-0.2, 0) is 9.59 Å². The molecule has 1 aromatic rings. The predicted octanol–water partition coefficient (Wildman–Crippen LogP) is 3.18. The lowest BCUT2D eigenvalue weighted by Crippen LogP contribution is -2.53. The van der Waals surface area contributed by atoms with Crippen molar-refractivity contribution in [1.82, 2.24) is 0 Å². The molecule has 1 aromatic carbocycles. The summed E-state index contributed by atoms with van der Waals surface area (Å²) in [6.07, 6.45) is 11.7. The SMILES string of the molecule is O=C1C=CC(=O)[C@H]2[C@@H]1[C@H]1c3ccccc3[C@H]2[C@H]2C=CC=C[C@H]21. The van der Waals surface area contributed by atoms with Crippen LogP contribution in [0.5, 0.6) is 0 Å². The molecule has 6 rings (SSSR count). The molecule has 22 heavy (non-hydrogen) atoms. The van der Waals surface area contributed by atoms with E-state index < -0.39 is 0 Å². The van der Waals surface area contributed by atoms with E-state index in [4.69, 9.17) is 0 Å². The largest absolute Gasteiger partial charge is 0.294 e. The van der Waals surface area contributed by atoms with Crippen molar-refractivity contribution < 1.29 is 9.59 Å². The molecule has 2 nitrogen and oxygen atoms in total. The maximum Gasteiger partial charge on any atom is 0.160 e. The van der Waals surface area contributed by atoms with Gasteiger partial charge in [0.2, 0.25) is 0 Å². The van der Waals surface area contributed by atoms with E-state index in [2.05, 4.69) is 48.6 Å². The first-order chi connectivity index (χ1) is 10.8. The van der Waals surface area contributed by atoms with Crippen LogP contribution in [0.25, 0.3) is 0 Å². The van der Waals surface area contributed by atoms with E-state index in [0.29, 0.717) is 11.8 Å². The Labute approximate surface area is 129 Å². The summed E-state index contributed by atoms with van der Waals surface area (Å²) in [5.41, 5.74) is 2.57. The molecular weight excluding hydrogens is 272 g/mol. The second-order valence-corrected chi connectivity index (χ2v) is 6.79. The molecule has 1 saturated carbocycles. The van der Waals surface area contributed by atoms with Gasteiger partial charge in [-0.1, -0.05) is 48.6 Å². The minimum absolute atomic E-state index is 0.135. The molecule has 0 saturated heterocycles. The lowest BCUT2D eigenvalue weighted by Gasteiger charge is -2.56. The summed E-state index contributed by atoms with van der Waals surface area (Å²) in [6.45, 7) is 0. The van der Waals surface area contributed by atoms with E-state index in [0.717, 1.165) is 0 Å². The number of ketones is 2. The summed E-state index contributed by atoms with van der Waals surface area (Å²) in [7, 11) is 0. The number of benzene rings is 1. The second-order valence-electron chi connectivity index (χ2n) is 6.79. The molecule has 0 unspecified atom stereocenters. The van der Waals surface area contributed by atoms with E-state index in [1.165, 1.54) is 23.3 Å². The Morgan fingerprint density at radius 1 is 0.636 bits per heavy atom. The third-order valence-electron chi connectivity index (χ3n) is 6.00. The van der Waals surface area contributed by atoms with Crippen molar-refractivity contribution in [3.63, 3.8) is 0 Å². The summed E-state index contributed by atoms with van der Waals surface area (Å²) in [6, 6.07) is 8.41. The highest BCUT2D eigenvalue weighted by molar-refractivity contribution is 6.08. The Balaban J connectivity index is 1.80. The molecule has 0 N–H and O–H groups in total. The van der Waals surface area contributed by atoms with Crippen molar-refractivity contribution in [2.24, 2.45) is 23.7 Å². The Morgan fingerprint density at radius 2 is 1.09 bits per heavy atom. The van der Waals surface area contributed by atoms with Crippen LogP contribution in [0.4, 0.5) is 0 Å². The van der Waals surface area contributed by atoms with E-state index in [1.807, 2.05) is 0 Å². The van der Waals surface area contributed by atoms with Gasteiger partial charge in [0.1, 0.15) is 0 Å². The molecule has 0 amide bonds. The molecule has 1 fully saturated rings. The molecular formula is C20H16O2. The third kappa shape index (κ3) is 1.36. The summed E-state index contributed by atoms with van der Waals surface area (Å²) >= 11 is 0. The van der Waals surface area contributed by atoms with Crippen LogP contribution in [0.1, 0.15) is 23.0 Å². The van der Waals surface area contributed by atoms with Crippen molar-refractivity contribution in [2.75, 3.05) is 0 Å². The van der Waals surface area contributed by atoms with Crippen molar-refractivity contribution in [1.29, 1.82) is 0 Å². The maximum atomic E-state index is 12.6. The van der Waals surface area contributed by atoms with Crippen LogP contribution in [0, 0.1) is 23.7 Å². The first-order valence-electron chi connectivity index (χ1n) is 7.97. The summed E-state index contributed by atoms with van der Waals surface area (Å²) in [4.78, 5) is 25.1. The molecule has 6 atom stereocenters. The van der Waals surface area contributed by atoms with Gasteiger partial charge in [-0.3, -0.25) is 9.59 Å². The zero-order valence-corrected chi connectivity index (χ0v) is 12.1. The van der Waals surface area contributed by atoms with Gasteiger partial charge in [-0.2, -0.15) is 0 Å². The van der Waals surface area contributed by atoms with Crippen LogP contribution in [-0.4, -0.2) is 11.6 Å². The Morgan fingerprint density at radius 3 is 1.55 bits per heavy atom. The van der Waals surface area contributed by atoms with E-state index in [-0.39, 0.29) is 35.2 Å². The highest BCUT2D eigenvalue weighted by Gasteiger charge is 2.59. The molecule has 0 heterocycles. The molecule has 2 bridgehead atoms. The summed E-state index contributed by atoms with van der Waals surface area (Å²) < 4.78 is 0. The smallest absolute Gasteiger partial charge is 0.160 e. The molecule has 108 valence electrons. The van der Waals surface area contributed by atoms with E-state index in [9.17, 15) is 9.59 Å². The first-order valence-corrected chi connectivity index (χ1v) is 7.97. The minimum Gasteiger partial charge on any atom is -0.294 e. The van der Waals surface area contributed by atoms with Gasteiger partial charge in [0.15, 0.2) is 11.6 Å². The molecule has 2 heteroatoms. The van der Waals surface area contributed by atoms with Gasteiger partial charge in [-0.25, -0.2) is 0 Å². The monoisotopic (exact) mass is 288 g/mol. The molecule has 5 aliphatic carbocycles. The molecule has 0 aliphatic heterocycles. The van der Waals surface area contributed by atoms with E-state index >= 15 is 0 Å². The fraction of sp³-hybridized carbons (Fsp3) is 0.300. The lowest BCUT2D eigenvalue weighted by molar-refractivity contribution is -0.135. The highest BCUT2D eigenvalue weighted by atomic mass is 16.1. The molecule has 0 aromatic heterocycles. The number of hydrogen-bond donors (Lipinski definition) is 0. The summed E-state index contributed by atoms with van der Waals surface area (Å²) in [5.74, 6) is 0.886. The zero-order chi connectivity index (χ0) is 14.8. The normalized spacial score (nSPS) is 40.4. The number of allylic oxidation sites excluding steroid dienone is 6. The lowest BCUT2D eigenvalue weighted by atomic mass is 9.46. The number of carbonyl (C=O) groups excluding carboxylic acids is 2. The average molecular weight is 288 g/mol. The van der Waals surface area contributed by atoms with Crippen LogP contribution in [0.2, 0.25) is 0 Å². The Kier molecular flexibility index (Phi) is 2.33. The van der Waals surface area contributed by atoms with Crippen LogP contribution < -0.4 is 0 Å². The summed E-state index contributed by atoms with van der Waals surface area (Å²) in [5, 5.41) is 0. The van der Waals surface area contributed by atoms with Gasteiger partial charge in [-0.05, 0) is 35.1 Å².